The van der Waals surface area contributed by atoms with Crippen molar-refractivity contribution >= 4 is 13.2 Å². The van der Waals surface area contributed by atoms with E-state index in [1.807, 2.05) is 0 Å². The van der Waals surface area contributed by atoms with Crippen LogP contribution in [0.25, 0.3) is 10.4 Å². The Morgan fingerprint density at radius 1 is 1.48 bits per heavy atom. The Labute approximate surface area is 164 Å². The fourth-order valence-corrected chi connectivity index (χ4v) is 4.39. The molecule has 1 unspecified atom stereocenters. The van der Waals surface area contributed by atoms with Gasteiger partial charge in [-0.15, -0.1) is 0 Å². The highest BCUT2D eigenvalue weighted by Crippen LogP contribution is 2.43. The first-order chi connectivity index (χ1) is 13.8. The molecule has 1 fully saturated rings. The number of aryl methyl sites for hydroxylation is 1. The van der Waals surface area contributed by atoms with E-state index in [1.54, 1.807) is 19.1 Å². The molecule has 0 spiro atoms. The molecule has 4 atom stereocenters. The number of anilines is 1. The van der Waals surface area contributed by atoms with Gasteiger partial charge in [-0.1, -0.05) is 5.11 Å². The lowest BCUT2D eigenvalue weighted by Crippen LogP contribution is -2.33. The van der Waals surface area contributed by atoms with Crippen LogP contribution >= 0.6 is 7.52 Å². The highest BCUT2D eigenvalue weighted by Gasteiger charge is 2.37. The van der Waals surface area contributed by atoms with Crippen LogP contribution in [-0.2, 0) is 9.30 Å². The Morgan fingerprint density at radius 2 is 2.21 bits per heavy atom. The highest BCUT2D eigenvalue weighted by atomic mass is 31.2. The Morgan fingerprint density at radius 3 is 2.90 bits per heavy atom. The first-order valence-corrected chi connectivity index (χ1v) is 10.7. The molecule has 3 N–H and O–H groups in total. The molecule has 3 heterocycles. The van der Waals surface area contributed by atoms with E-state index in [0.717, 1.165) is 0 Å². The third-order valence-corrected chi connectivity index (χ3v) is 6.03. The van der Waals surface area contributed by atoms with Crippen molar-refractivity contribution in [3.8, 4) is 0 Å². The number of ether oxygens (including phenoxy) is 1. The number of nitrogens with one attached hydrogen (secondary N) is 2. The van der Waals surface area contributed by atoms with Gasteiger partial charge in [0.25, 0.3) is 13.1 Å². The zero-order chi connectivity index (χ0) is 21.0. The third-order valence-electron chi connectivity index (χ3n) is 4.56. The summed E-state index contributed by atoms with van der Waals surface area (Å²) >= 11 is 0. The highest BCUT2D eigenvalue weighted by molar-refractivity contribution is 7.59. The van der Waals surface area contributed by atoms with Gasteiger partial charge in [0.2, 0.25) is 0 Å². The van der Waals surface area contributed by atoms with Gasteiger partial charge >= 0.3 is 5.69 Å². The molecule has 3 rings (SSSR count). The van der Waals surface area contributed by atoms with Crippen molar-refractivity contribution in [2.75, 3.05) is 11.2 Å². The van der Waals surface area contributed by atoms with Crippen molar-refractivity contribution in [2.45, 2.75) is 38.1 Å². The zero-order valence-corrected chi connectivity index (χ0v) is 16.4. The zero-order valence-electron chi connectivity index (χ0n) is 15.5. The van der Waals surface area contributed by atoms with Gasteiger partial charge in [0.05, 0.1) is 12.1 Å². The van der Waals surface area contributed by atoms with E-state index in [9.17, 15) is 19.0 Å². The van der Waals surface area contributed by atoms with Crippen LogP contribution in [-0.4, -0.2) is 37.7 Å². The Hall–Kier alpha value is -2.91. The van der Waals surface area contributed by atoms with E-state index in [0.29, 0.717) is 11.3 Å². The molecule has 0 aliphatic carbocycles. The minimum Gasteiger partial charge on any atom is -0.354 e. The van der Waals surface area contributed by atoms with Gasteiger partial charge in [0.15, 0.2) is 0 Å². The number of nitrogens with zero attached hydrogens (tertiary/aromatic N) is 5. The molecule has 0 saturated carbocycles. The molecular formula is C16H20N7O5P. The number of hydrogen-bond donors (Lipinski definition) is 3. The van der Waals surface area contributed by atoms with Crippen molar-refractivity contribution in [3.63, 3.8) is 0 Å². The van der Waals surface area contributed by atoms with Crippen LogP contribution in [0.1, 0.15) is 24.6 Å². The molecule has 0 amide bonds. The van der Waals surface area contributed by atoms with Crippen LogP contribution in [0, 0.1) is 6.92 Å². The van der Waals surface area contributed by atoms with Gasteiger partial charge in [0, 0.05) is 47.3 Å². The first-order valence-electron chi connectivity index (χ1n) is 8.81. The molecule has 2 aromatic rings. The van der Waals surface area contributed by atoms with Crippen molar-refractivity contribution in [1.82, 2.24) is 14.5 Å². The largest absolute Gasteiger partial charge is 0.354 e. The molecule has 13 heteroatoms. The second kappa shape index (κ2) is 8.62. The normalized spacial score (nSPS) is 23.2. The maximum absolute atomic E-state index is 12.5. The van der Waals surface area contributed by atoms with Crippen molar-refractivity contribution < 1.29 is 14.2 Å². The number of H-pyrrole nitrogens is 1. The van der Waals surface area contributed by atoms with Crippen LogP contribution < -0.4 is 16.3 Å². The average molecular weight is 421 g/mol. The topological polar surface area (TPSA) is 175 Å². The predicted molar refractivity (Wildman–Crippen MR) is 105 cm³/mol. The van der Waals surface area contributed by atoms with Gasteiger partial charge in [-0.25, -0.2) is 4.79 Å². The Bertz CT molecular complexity index is 1080. The maximum atomic E-state index is 12.5. The summed E-state index contributed by atoms with van der Waals surface area (Å²) in [4.78, 5) is 42.7. The van der Waals surface area contributed by atoms with Gasteiger partial charge in [-0.05, 0) is 31.0 Å². The molecule has 1 aliphatic heterocycles. The lowest BCUT2D eigenvalue weighted by Gasteiger charge is -2.19. The lowest BCUT2D eigenvalue weighted by molar-refractivity contribution is -0.00402. The van der Waals surface area contributed by atoms with Gasteiger partial charge in [-0.2, -0.15) is 0 Å². The van der Waals surface area contributed by atoms with Crippen LogP contribution in [0.5, 0.6) is 0 Å². The Kier molecular flexibility index (Phi) is 6.19. The standard InChI is InChI=1S/C16H20N7O5P/c1-10-9-23(16(25)19-15(10)24)14-8-12(20-22-17)13(28-14)4-7-29(26,27)21-11-2-5-18-6-3-11/h2-3,5-6,9,12-14H,4,7-8H2,1H3,(H,19,24,25)(H2,18,21,26,27)/t12-,13+,14+/m0/s1. The number of pyridine rings is 1. The maximum Gasteiger partial charge on any atom is 0.330 e. The quantitative estimate of drug-likeness (QED) is 0.265. The monoisotopic (exact) mass is 421 g/mol. The Balaban J connectivity index is 1.72. The minimum absolute atomic E-state index is 0.128. The second-order valence-electron chi connectivity index (χ2n) is 6.68. The van der Waals surface area contributed by atoms with Gasteiger partial charge < -0.3 is 14.7 Å². The summed E-state index contributed by atoms with van der Waals surface area (Å²) < 4.78 is 19.5. The summed E-state index contributed by atoms with van der Waals surface area (Å²) in [5.41, 5.74) is 8.48. The average Bonchev–Trinajstić information content (AvgIpc) is 3.06. The summed E-state index contributed by atoms with van der Waals surface area (Å²) in [5, 5.41) is 6.28. The summed E-state index contributed by atoms with van der Waals surface area (Å²) in [6, 6.07) is 2.52. The van der Waals surface area contributed by atoms with E-state index in [1.165, 1.54) is 23.2 Å². The van der Waals surface area contributed by atoms with E-state index >= 15 is 0 Å². The summed E-state index contributed by atoms with van der Waals surface area (Å²) in [6.07, 6.45) is 3.15. The number of azide groups is 1. The number of hydrogen-bond acceptors (Lipinski definition) is 6. The molecule has 29 heavy (non-hydrogen) atoms. The predicted octanol–water partition coefficient (Wildman–Crippen LogP) is 1.89. The van der Waals surface area contributed by atoms with Gasteiger partial charge in [-0.3, -0.25) is 23.9 Å². The molecule has 2 aromatic heterocycles. The molecule has 1 saturated heterocycles. The molecular weight excluding hydrogens is 401 g/mol. The van der Waals surface area contributed by atoms with Crippen molar-refractivity contribution in [3.05, 3.63) is 67.6 Å². The van der Waals surface area contributed by atoms with E-state index in [-0.39, 0.29) is 19.0 Å². The minimum atomic E-state index is -3.74. The molecule has 154 valence electrons. The smallest absolute Gasteiger partial charge is 0.330 e. The van der Waals surface area contributed by atoms with Crippen molar-refractivity contribution in [2.24, 2.45) is 5.11 Å². The number of rotatable bonds is 7. The fourth-order valence-electron chi connectivity index (χ4n) is 3.12. The lowest BCUT2D eigenvalue weighted by atomic mass is 10.1. The second-order valence-corrected chi connectivity index (χ2v) is 8.75. The number of aromatic amines is 1. The SMILES string of the molecule is Cc1cn([C@H]2C[C@H](N=[N+]=[N-])[C@@H](CCP(=O)(O)Nc3ccncc3)O2)c(=O)[nH]c1=O. The fraction of sp³-hybridized carbons (Fsp3) is 0.438. The molecule has 1 aliphatic rings. The van der Waals surface area contributed by atoms with Crippen LogP contribution in [0.2, 0.25) is 0 Å². The van der Waals surface area contributed by atoms with E-state index in [2.05, 4.69) is 25.1 Å². The number of aromatic nitrogens is 3. The first kappa shape index (κ1) is 20.8. The summed E-state index contributed by atoms with van der Waals surface area (Å²) in [6.45, 7) is 1.55. The van der Waals surface area contributed by atoms with Crippen LogP contribution in [0.4, 0.5) is 5.69 Å². The van der Waals surface area contributed by atoms with Crippen molar-refractivity contribution in [1.29, 1.82) is 0 Å². The molecule has 12 nitrogen and oxygen atoms in total. The van der Waals surface area contributed by atoms with Crippen LogP contribution in [0.3, 0.4) is 0 Å². The molecule has 0 aromatic carbocycles. The summed E-state index contributed by atoms with van der Waals surface area (Å²) in [7, 11) is -3.74. The van der Waals surface area contributed by atoms with E-state index in [4.69, 9.17) is 10.3 Å². The third kappa shape index (κ3) is 5.12. The van der Waals surface area contributed by atoms with E-state index < -0.39 is 37.1 Å². The van der Waals surface area contributed by atoms with Crippen LogP contribution in [0.15, 0.2) is 45.4 Å². The molecule has 0 radical (unpaired) electrons. The van der Waals surface area contributed by atoms with Gasteiger partial charge in [0.1, 0.15) is 6.23 Å². The molecule has 0 bridgehead atoms. The summed E-state index contributed by atoms with van der Waals surface area (Å²) in [5.74, 6) is 0.